The predicted octanol–water partition coefficient (Wildman–Crippen LogP) is 1.72. The van der Waals surface area contributed by atoms with Crippen LogP contribution in [0.2, 0.25) is 0 Å². The van der Waals surface area contributed by atoms with Crippen LogP contribution in [0.1, 0.15) is 32.5 Å². The second-order valence-corrected chi connectivity index (χ2v) is 3.75. The van der Waals surface area contributed by atoms with Gasteiger partial charge in [-0.05, 0) is 27.2 Å². The molecule has 4 nitrogen and oxygen atoms in total. The standard InChI is InChI=1S/C11H17N2O2/c1-9(2)15-11(14)5-4-7-13-8-6-12-10(13)3/h8-9H,4-5,7H2,1-3H3. The van der Waals surface area contributed by atoms with Gasteiger partial charge in [-0.15, -0.1) is 0 Å². The molecule has 1 rings (SSSR count). The van der Waals surface area contributed by atoms with Gasteiger partial charge >= 0.3 is 5.97 Å². The van der Waals surface area contributed by atoms with Crippen molar-refractivity contribution < 1.29 is 9.53 Å². The summed E-state index contributed by atoms with van der Waals surface area (Å²) in [7, 11) is 0. The number of rotatable bonds is 5. The van der Waals surface area contributed by atoms with E-state index in [1.807, 2.05) is 25.3 Å². The number of aryl methyl sites for hydroxylation is 2. The number of imidazole rings is 1. The Balaban J connectivity index is 2.22. The molecule has 0 aliphatic carbocycles. The van der Waals surface area contributed by atoms with Crippen molar-refractivity contribution in [1.82, 2.24) is 9.55 Å². The maximum absolute atomic E-state index is 11.2. The van der Waals surface area contributed by atoms with Crippen LogP contribution in [0.4, 0.5) is 0 Å². The Morgan fingerprint density at radius 3 is 2.93 bits per heavy atom. The smallest absolute Gasteiger partial charge is 0.306 e. The highest BCUT2D eigenvalue weighted by Crippen LogP contribution is 2.02. The molecule has 4 heteroatoms. The Morgan fingerprint density at radius 1 is 1.67 bits per heavy atom. The Kier molecular flexibility index (Phi) is 4.34. The molecule has 0 bridgehead atoms. The summed E-state index contributed by atoms with van der Waals surface area (Å²) in [6.07, 6.45) is 5.76. The number of hydrogen-bond donors (Lipinski definition) is 0. The first-order valence-corrected chi connectivity index (χ1v) is 5.19. The van der Waals surface area contributed by atoms with Crippen molar-refractivity contribution in [2.75, 3.05) is 0 Å². The van der Waals surface area contributed by atoms with Gasteiger partial charge in [0.15, 0.2) is 0 Å². The fraction of sp³-hybridized carbons (Fsp3) is 0.636. The van der Waals surface area contributed by atoms with Crippen LogP contribution < -0.4 is 0 Å². The van der Waals surface area contributed by atoms with Gasteiger partial charge in [-0.25, -0.2) is 4.98 Å². The molecule has 0 fully saturated rings. The van der Waals surface area contributed by atoms with E-state index in [1.54, 1.807) is 6.20 Å². The Labute approximate surface area is 90.3 Å². The van der Waals surface area contributed by atoms with Gasteiger partial charge in [0.25, 0.3) is 0 Å². The van der Waals surface area contributed by atoms with Crippen LogP contribution in [-0.2, 0) is 16.1 Å². The lowest BCUT2D eigenvalue weighted by molar-refractivity contribution is -0.147. The molecule has 0 saturated heterocycles. The molecule has 0 N–H and O–H groups in total. The monoisotopic (exact) mass is 209 g/mol. The van der Waals surface area contributed by atoms with E-state index < -0.39 is 0 Å². The van der Waals surface area contributed by atoms with Gasteiger partial charge < -0.3 is 9.30 Å². The Bertz CT molecular complexity index is 318. The minimum atomic E-state index is -0.133. The lowest BCUT2D eigenvalue weighted by atomic mass is 10.3. The van der Waals surface area contributed by atoms with Crippen molar-refractivity contribution in [2.45, 2.75) is 46.3 Å². The SMILES string of the molecule is Cc1n[c]cn1CCCC(=O)OC(C)C. The highest BCUT2D eigenvalue weighted by Gasteiger charge is 2.05. The second-order valence-electron chi connectivity index (χ2n) is 3.75. The van der Waals surface area contributed by atoms with Gasteiger partial charge in [0.2, 0.25) is 0 Å². The quantitative estimate of drug-likeness (QED) is 0.693. The van der Waals surface area contributed by atoms with E-state index >= 15 is 0 Å². The minimum Gasteiger partial charge on any atom is -0.463 e. The van der Waals surface area contributed by atoms with Crippen molar-refractivity contribution >= 4 is 5.97 Å². The summed E-state index contributed by atoms with van der Waals surface area (Å²) in [5.41, 5.74) is 0. The molecule has 0 aliphatic heterocycles. The fourth-order valence-corrected chi connectivity index (χ4v) is 1.29. The molecular weight excluding hydrogens is 192 g/mol. The number of esters is 1. The molecule has 0 spiro atoms. The molecule has 1 aromatic rings. The number of hydrogen-bond acceptors (Lipinski definition) is 3. The third-order valence-electron chi connectivity index (χ3n) is 2.00. The van der Waals surface area contributed by atoms with Gasteiger partial charge in [-0.2, -0.15) is 0 Å². The highest BCUT2D eigenvalue weighted by atomic mass is 16.5. The molecule has 0 amide bonds. The van der Waals surface area contributed by atoms with Crippen LogP contribution in [-0.4, -0.2) is 21.6 Å². The molecular formula is C11H17N2O2. The average Bonchev–Trinajstić information content (AvgIpc) is 2.50. The lowest BCUT2D eigenvalue weighted by Crippen LogP contribution is -2.12. The Morgan fingerprint density at radius 2 is 2.40 bits per heavy atom. The van der Waals surface area contributed by atoms with Crippen LogP contribution in [0.3, 0.4) is 0 Å². The van der Waals surface area contributed by atoms with Gasteiger partial charge in [-0.3, -0.25) is 4.79 Å². The summed E-state index contributed by atoms with van der Waals surface area (Å²) >= 11 is 0. The first kappa shape index (κ1) is 11.8. The van der Waals surface area contributed by atoms with Gasteiger partial charge in [0.1, 0.15) is 12.0 Å². The normalized spacial score (nSPS) is 10.7. The van der Waals surface area contributed by atoms with Crippen LogP contribution in [0, 0.1) is 13.1 Å². The van der Waals surface area contributed by atoms with E-state index in [9.17, 15) is 4.79 Å². The van der Waals surface area contributed by atoms with Crippen molar-refractivity contribution in [1.29, 1.82) is 0 Å². The molecule has 0 atom stereocenters. The number of carbonyl (C=O) groups excluding carboxylic acids is 1. The number of aromatic nitrogens is 2. The molecule has 0 saturated carbocycles. The zero-order valence-electron chi connectivity index (χ0n) is 9.49. The largest absolute Gasteiger partial charge is 0.463 e. The van der Waals surface area contributed by atoms with Crippen molar-refractivity contribution in [3.8, 4) is 0 Å². The predicted molar refractivity (Wildman–Crippen MR) is 56.3 cm³/mol. The van der Waals surface area contributed by atoms with Crippen LogP contribution in [0.25, 0.3) is 0 Å². The van der Waals surface area contributed by atoms with Gasteiger partial charge in [-0.1, -0.05) is 0 Å². The minimum absolute atomic E-state index is 0.0270. The summed E-state index contributed by atoms with van der Waals surface area (Å²) in [6.45, 7) is 6.41. The number of carbonyl (C=O) groups is 1. The van der Waals surface area contributed by atoms with Crippen molar-refractivity contribution in [2.24, 2.45) is 0 Å². The second kappa shape index (κ2) is 5.53. The number of ether oxygens (including phenoxy) is 1. The summed E-state index contributed by atoms with van der Waals surface area (Å²) in [6, 6.07) is 0. The maximum Gasteiger partial charge on any atom is 0.306 e. The average molecular weight is 209 g/mol. The third-order valence-corrected chi connectivity index (χ3v) is 2.00. The van der Waals surface area contributed by atoms with E-state index in [-0.39, 0.29) is 12.1 Å². The first-order chi connectivity index (χ1) is 7.09. The van der Waals surface area contributed by atoms with Crippen LogP contribution in [0.15, 0.2) is 6.20 Å². The molecule has 0 unspecified atom stereocenters. The van der Waals surface area contributed by atoms with Crippen molar-refractivity contribution in [3.05, 3.63) is 18.2 Å². The van der Waals surface area contributed by atoms with E-state index in [0.29, 0.717) is 6.42 Å². The molecule has 83 valence electrons. The van der Waals surface area contributed by atoms with E-state index in [1.165, 1.54) is 0 Å². The van der Waals surface area contributed by atoms with E-state index in [0.717, 1.165) is 18.8 Å². The topological polar surface area (TPSA) is 44.1 Å². The molecule has 15 heavy (non-hydrogen) atoms. The summed E-state index contributed by atoms with van der Waals surface area (Å²) in [5.74, 6) is 0.791. The molecule has 0 aliphatic rings. The van der Waals surface area contributed by atoms with Gasteiger partial charge in [0, 0.05) is 19.2 Å². The summed E-state index contributed by atoms with van der Waals surface area (Å²) in [5, 5.41) is 0. The third kappa shape index (κ3) is 4.14. The zero-order valence-corrected chi connectivity index (χ0v) is 9.49. The molecule has 1 aromatic heterocycles. The van der Waals surface area contributed by atoms with E-state index in [4.69, 9.17) is 4.74 Å². The molecule has 1 radical (unpaired) electrons. The lowest BCUT2D eigenvalue weighted by Gasteiger charge is -2.08. The highest BCUT2D eigenvalue weighted by molar-refractivity contribution is 5.69. The number of nitrogens with zero attached hydrogens (tertiary/aromatic N) is 2. The van der Waals surface area contributed by atoms with Crippen molar-refractivity contribution in [3.63, 3.8) is 0 Å². The first-order valence-electron chi connectivity index (χ1n) is 5.19. The summed E-state index contributed by atoms with van der Waals surface area (Å²) in [4.78, 5) is 15.2. The molecule has 0 aromatic carbocycles. The Hall–Kier alpha value is -1.32. The van der Waals surface area contributed by atoms with E-state index in [2.05, 4.69) is 11.2 Å². The fourth-order valence-electron chi connectivity index (χ4n) is 1.29. The van der Waals surface area contributed by atoms with Crippen LogP contribution >= 0.6 is 0 Å². The van der Waals surface area contributed by atoms with Crippen LogP contribution in [0.5, 0.6) is 0 Å². The molecule has 1 heterocycles. The maximum atomic E-state index is 11.2. The summed E-state index contributed by atoms with van der Waals surface area (Å²) < 4.78 is 7.00. The zero-order chi connectivity index (χ0) is 11.3. The van der Waals surface area contributed by atoms with Gasteiger partial charge in [0.05, 0.1) is 6.10 Å².